The van der Waals surface area contributed by atoms with Crippen LogP contribution < -0.4 is 5.73 Å². The van der Waals surface area contributed by atoms with Crippen LogP contribution in [0.3, 0.4) is 0 Å². The molecule has 0 aromatic carbocycles. The zero-order valence-corrected chi connectivity index (χ0v) is 7.94. The van der Waals surface area contributed by atoms with Crippen LogP contribution in [0.4, 0.5) is 0 Å². The van der Waals surface area contributed by atoms with Crippen LogP contribution in [0.25, 0.3) is 0 Å². The first-order chi connectivity index (χ1) is 5.72. The maximum absolute atomic E-state index is 11.2. The number of hydrogen-bond donors (Lipinski definition) is 1. The summed E-state index contributed by atoms with van der Waals surface area (Å²) in [5.41, 5.74) is 6.00. The first kappa shape index (κ1) is 11.4. The maximum Gasteiger partial charge on any atom is 0.159 e. The Kier molecular flexibility index (Phi) is 6.67. The SMILES string of the molecule is C=C(CCCCC)C(=O)CCN. The molecule has 0 fully saturated rings. The number of carbonyl (C=O) groups is 1. The number of hydrogen-bond acceptors (Lipinski definition) is 2. The number of carbonyl (C=O) groups excluding carboxylic acids is 1. The molecule has 12 heavy (non-hydrogen) atoms. The van der Waals surface area contributed by atoms with E-state index in [0.29, 0.717) is 13.0 Å². The number of rotatable bonds is 7. The molecule has 70 valence electrons. The molecule has 0 bridgehead atoms. The van der Waals surface area contributed by atoms with Gasteiger partial charge in [0.1, 0.15) is 0 Å². The molecule has 0 amide bonds. The van der Waals surface area contributed by atoms with Gasteiger partial charge in [-0.2, -0.15) is 0 Å². The van der Waals surface area contributed by atoms with Crippen molar-refractivity contribution < 1.29 is 4.79 Å². The molecule has 0 saturated carbocycles. The highest BCUT2D eigenvalue weighted by atomic mass is 16.1. The van der Waals surface area contributed by atoms with Gasteiger partial charge in [0.05, 0.1) is 0 Å². The fourth-order valence-corrected chi connectivity index (χ4v) is 1.04. The quantitative estimate of drug-likeness (QED) is 0.468. The third kappa shape index (κ3) is 5.08. The van der Waals surface area contributed by atoms with E-state index in [0.717, 1.165) is 18.4 Å². The van der Waals surface area contributed by atoms with Crippen molar-refractivity contribution in [1.29, 1.82) is 0 Å². The number of nitrogens with two attached hydrogens (primary N) is 1. The van der Waals surface area contributed by atoms with Crippen LogP contribution in [0.15, 0.2) is 12.2 Å². The third-order valence-electron chi connectivity index (χ3n) is 1.85. The molecule has 0 aliphatic heterocycles. The summed E-state index contributed by atoms with van der Waals surface area (Å²) in [6, 6.07) is 0. The fraction of sp³-hybridized carbons (Fsp3) is 0.700. The summed E-state index contributed by atoms with van der Waals surface area (Å²) >= 11 is 0. The molecule has 0 aliphatic rings. The lowest BCUT2D eigenvalue weighted by molar-refractivity contribution is -0.115. The number of unbranched alkanes of at least 4 members (excludes halogenated alkanes) is 2. The van der Waals surface area contributed by atoms with Gasteiger partial charge in [-0.25, -0.2) is 0 Å². The second-order valence-corrected chi connectivity index (χ2v) is 3.02. The van der Waals surface area contributed by atoms with Crippen molar-refractivity contribution in [2.24, 2.45) is 5.73 Å². The highest BCUT2D eigenvalue weighted by Crippen LogP contribution is 2.08. The molecule has 2 nitrogen and oxygen atoms in total. The highest BCUT2D eigenvalue weighted by Gasteiger charge is 2.04. The lowest BCUT2D eigenvalue weighted by atomic mass is 10.0. The van der Waals surface area contributed by atoms with E-state index in [1.165, 1.54) is 12.8 Å². The standard InChI is InChI=1S/C10H19NO/c1-3-4-5-6-9(2)10(12)7-8-11/h2-8,11H2,1H3. The predicted octanol–water partition coefficient (Wildman–Crippen LogP) is 2.04. The number of allylic oxidation sites excluding steroid dienone is 1. The van der Waals surface area contributed by atoms with Crippen LogP contribution in [0, 0.1) is 0 Å². The van der Waals surface area contributed by atoms with Crippen molar-refractivity contribution in [2.75, 3.05) is 6.54 Å². The van der Waals surface area contributed by atoms with Crippen molar-refractivity contribution in [3.8, 4) is 0 Å². The summed E-state index contributed by atoms with van der Waals surface area (Å²) in [7, 11) is 0. The molecule has 2 heteroatoms. The first-order valence-electron chi connectivity index (χ1n) is 4.63. The van der Waals surface area contributed by atoms with Crippen LogP contribution in [0.5, 0.6) is 0 Å². The van der Waals surface area contributed by atoms with Gasteiger partial charge in [0, 0.05) is 6.42 Å². The zero-order chi connectivity index (χ0) is 9.40. The van der Waals surface area contributed by atoms with Gasteiger partial charge >= 0.3 is 0 Å². The first-order valence-corrected chi connectivity index (χ1v) is 4.63. The third-order valence-corrected chi connectivity index (χ3v) is 1.85. The van der Waals surface area contributed by atoms with Crippen molar-refractivity contribution in [1.82, 2.24) is 0 Å². The summed E-state index contributed by atoms with van der Waals surface area (Å²) in [5, 5.41) is 0. The molecule has 2 N–H and O–H groups in total. The van der Waals surface area contributed by atoms with Gasteiger partial charge in [-0.3, -0.25) is 4.79 Å². The largest absolute Gasteiger partial charge is 0.330 e. The Morgan fingerprint density at radius 1 is 1.33 bits per heavy atom. The molecular formula is C10H19NO. The van der Waals surface area contributed by atoms with E-state index in [1.807, 2.05) is 0 Å². The zero-order valence-electron chi connectivity index (χ0n) is 7.94. The minimum Gasteiger partial charge on any atom is -0.330 e. The Morgan fingerprint density at radius 3 is 2.50 bits per heavy atom. The molecule has 0 heterocycles. The van der Waals surface area contributed by atoms with E-state index in [4.69, 9.17) is 5.73 Å². The van der Waals surface area contributed by atoms with Gasteiger partial charge in [-0.15, -0.1) is 0 Å². The van der Waals surface area contributed by atoms with Crippen molar-refractivity contribution in [2.45, 2.75) is 39.0 Å². The second kappa shape index (κ2) is 7.04. The minimum atomic E-state index is 0.133. The lowest BCUT2D eigenvalue weighted by Crippen LogP contribution is -2.09. The Hall–Kier alpha value is -0.630. The summed E-state index contributed by atoms with van der Waals surface area (Å²) in [6.07, 6.45) is 4.72. The van der Waals surface area contributed by atoms with Crippen LogP contribution >= 0.6 is 0 Å². The van der Waals surface area contributed by atoms with E-state index < -0.39 is 0 Å². The minimum absolute atomic E-state index is 0.133. The van der Waals surface area contributed by atoms with Crippen LogP contribution in [-0.2, 0) is 4.79 Å². The smallest absolute Gasteiger partial charge is 0.159 e. The lowest BCUT2D eigenvalue weighted by Gasteiger charge is -2.02. The monoisotopic (exact) mass is 169 g/mol. The Labute approximate surface area is 74.8 Å². The van der Waals surface area contributed by atoms with Crippen LogP contribution in [-0.4, -0.2) is 12.3 Å². The van der Waals surface area contributed by atoms with E-state index >= 15 is 0 Å². The number of Topliss-reactive ketones (excluding diaryl/α,β-unsaturated/α-hetero) is 1. The van der Waals surface area contributed by atoms with Gasteiger partial charge in [-0.05, 0) is 25.0 Å². The predicted molar refractivity (Wildman–Crippen MR) is 52.0 cm³/mol. The average molecular weight is 169 g/mol. The molecule has 0 aromatic rings. The molecule has 0 atom stereocenters. The Balaban J connectivity index is 3.50. The second-order valence-electron chi connectivity index (χ2n) is 3.02. The Morgan fingerprint density at radius 2 is 2.00 bits per heavy atom. The summed E-state index contributed by atoms with van der Waals surface area (Å²) in [4.78, 5) is 11.2. The van der Waals surface area contributed by atoms with Crippen LogP contribution in [0.1, 0.15) is 39.0 Å². The molecule has 0 rings (SSSR count). The maximum atomic E-state index is 11.2. The van der Waals surface area contributed by atoms with Gasteiger partial charge in [0.2, 0.25) is 0 Å². The molecule has 0 aromatic heterocycles. The van der Waals surface area contributed by atoms with E-state index in [2.05, 4.69) is 13.5 Å². The van der Waals surface area contributed by atoms with Gasteiger partial charge < -0.3 is 5.73 Å². The molecule has 0 unspecified atom stereocenters. The van der Waals surface area contributed by atoms with Crippen LogP contribution in [0.2, 0.25) is 0 Å². The summed E-state index contributed by atoms with van der Waals surface area (Å²) in [5.74, 6) is 0.133. The Bertz CT molecular complexity index is 152. The summed E-state index contributed by atoms with van der Waals surface area (Å²) < 4.78 is 0. The molecular weight excluding hydrogens is 150 g/mol. The molecule has 0 spiro atoms. The highest BCUT2D eigenvalue weighted by molar-refractivity contribution is 5.94. The van der Waals surface area contributed by atoms with Gasteiger partial charge in [0.15, 0.2) is 5.78 Å². The topological polar surface area (TPSA) is 43.1 Å². The average Bonchev–Trinajstić information content (AvgIpc) is 2.05. The van der Waals surface area contributed by atoms with E-state index in [1.54, 1.807) is 0 Å². The summed E-state index contributed by atoms with van der Waals surface area (Å²) in [6.45, 7) is 6.32. The van der Waals surface area contributed by atoms with Crippen molar-refractivity contribution in [3.05, 3.63) is 12.2 Å². The molecule has 0 saturated heterocycles. The van der Waals surface area contributed by atoms with Crippen molar-refractivity contribution >= 4 is 5.78 Å². The molecule has 0 radical (unpaired) electrons. The van der Waals surface area contributed by atoms with Gasteiger partial charge in [-0.1, -0.05) is 26.3 Å². The fourth-order valence-electron chi connectivity index (χ4n) is 1.04. The normalized spacial score (nSPS) is 9.83. The van der Waals surface area contributed by atoms with Crippen molar-refractivity contribution in [3.63, 3.8) is 0 Å². The van der Waals surface area contributed by atoms with E-state index in [9.17, 15) is 4.79 Å². The van der Waals surface area contributed by atoms with Gasteiger partial charge in [0.25, 0.3) is 0 Å². The van der Waals surface area contributed by atoms with E-state index in [-0.39, 0.29) is 5.78 Å². The number of ketones is 1. The molecule has 0 aliphatic carbocycles.